The largest absolute Gasteiger partial charge is 0.444 e. The van der Waals surface area contributed by atoms with Crippen molar-refractivity contribution in [3.8, 4) is 0 Å². The minimum absolute atomic E-state index is 0.0373. The van der Waals surface area contributed by atoms with Gasteiger partial charge in [-0.05, 0) is 71.9 Å². The third-order valence-corrected chi connectivity index (χ3v) is 6.32. The normalized spacial score (nSPS) is 15.2. The number of aromatic nitrogens is 2. The molecule has 170 valence electrons. The molecule has 0 saturated carbocycles. The second-order valence-corrected chi connectivity index (χ2v) is 10.0. The van der Waals surface area contributed by atoms with Gasteiger partial charge in [0, 0.05) is 42.9 Å². The molecule has 0 atom stereocenters. The van der Waals surface area contributed by atoms with Gasteiger partial charge in [0.05, 0.1) is 5.01 Å². The zero-order valence-electron chi connectivity index (χ0n) is 19.0. The van der Waals surface area contributed by atoms with Gasteiger partial charge in [-0.15, -0.1) is 11.3 Å². The van der Waals surface area contributed by atoms with Crippen LogP contribution in [0.1, 0.15) is 73.7 Å². The maximum atomic E-state index is 12.7. The van der Waals surface area contributed by atoms with Crippen LogP contribution in [0.4, 0.5) is 4.79 Å². The Labute approximate surface area is 188 Å². The molecule has 31 heavy (non-hydrogen) atoms. The van der Waals surface area contributed by atoms with Crippen molar-refractivity contribution in [3.05, 3.63) is 40.1 Å². The molecule has 2 amide bonds. The molecule has 2 aromatic heterocycles. The fourth-order valence-electron chi connectivity index (χ4n) is 3.77. The average Bonchev–Trinajstić information content (AvgIpc) is 3.35. The van der Waals surface area contributed by atoms with Crippen LogP contribution in [-0.2, 0) is 11.2 Å². The van der Waals surface area contributed by atoms with Crippen LogP contribution in [0.15, 0.2) is 23.7 Å². The van der Waals surface area contributed by atoms with Crippen LogP contribution in [0.5, 0.6) is 0 Å². The molecule has 0 unspecified atom stereocenters. The number of aryl methyl sites for hydroxylation is 2. The molecule has 3 rings (SSSR count). The van der Waals surface area contributed by atoms with Gasteiger partial charge >= 0.3 is 6.09 Å². The quantitative estimate of drug-likeness (QED) is 0.632. The van der Waals surface area contributed by atoms with E-state index in [1.54, 1.807) is 16.2 Å². The van der Waals surface area contributed by atoms with E-state index in [4.69, 9.17) is 4.74 Å². The highest BCUT2D eigenvalue weighted by Crippen LogP contribution is 2.25. The van der Waals surface area contributed by atoms with E-state index in [-0.39, 0.29) is 18.0 Å². The number of likely N-dealkylation sites (tertiary alicyclic amines) is 1. The maximum absolute atomic E-state index is 12.7. The maximum Gasteiger partial charge on any atom is 0.410 e. The van der Waals surface area contributed by atoms with Gasteiger partial charge in [-0.25, -0.2) is 9.78 Å². The summed E-state index contributed by atoms with van der Waals surface area (Å²) in [7, 11) is 0. The molecule has 3 heterocycles. The Kier molecular flexibility index (Phi) is 7.75. The Morgan fingerprint density at radius 3 is 2.65 bits per heavy atom. The van der Waals surface area contributed by atoms with Gasteiger partial charge in [0.15, 0.2) is 0 Å². The van der Waals surface area contributed by atoms with Gasteiger partial charge in [-0.1, -0.05) is 0 Å². The van der Waals surface area contributed by atoms with Crippen LogP contribution in [-0.4, -0.2) is 51.7 Å². The summed E-state index contributed by atoms with van der Waals surface area (Å²) in [5.41, 5.74) is 1.27. The van der Waals surface area contributed by atoms with Gasteiger partial charge in [-0.2, -0.15) is 0 Å². The fourth-order valence-corrected chi connectivity index (χ4v) is 4.59. The summed E-state index contributed by atoms with van der Waals surface area (Å²) in [6, 6.07) is 4.00. The lowest BCUT2D eigenvalue weighted by Crippen LogP contribution is -2.42. The highest BCUT2D eigenvalue weighted by atomic mass is 32.1. The molecule has 8 heteroatoms. The van der Waals surface area contributed by atoms with Crippen molar-refractivity contribution in [2.75, 3.05) is 19.6 Å². The van der Waals surface area contributed by atoms with Crippen LogP contribution in [0.2, 0.25) is 0 Å². The van der Waals surface area contributed by atoms with Gasteiger partial charge in [-0.3, -0.25) is 4.79 Å². The summed E-state index contributed by atoms with van der Waals surface area (Å²) in [6.07, 6.45) is 6.22. The highest BCUT2D eigenvalue weighted by molar-refractivity contribution is 7.09. The number of nitrogens with zero attached hydrogens (tertiary/aromatic N) is 3. The van der Waals surface area contributed by atoms with Gasteiger partial charge in [0.1, 0.15) is 11.3 Å². The number of piperidine rings is 1. The standard InChI is InChI=1S/C23H34N4O3S/c1-17-16-31-20(25-17)9-5-6-12-24-21(28)19-8-7-13-27(19)18-10-14-26(15-11-18)22(29)30-23(2,3)4/h7-8,13,16,18H,5-6,9-12,14-15H2,1-4H3,(H,24,28). The van der Waals surface area contributed by atoms with E-state index in [0.717, 1.165) is 42.8 Å². The summed E-state index contributed by atoms with van der Waals surface area (Å²) < 4.78 is 7.53. The number of carbonyl (C=O) groups excluding carboxylic acids is 2. The number of amides is 2. The van der Waals surface area contributed by atoms with Crippen LogP contribution >= 0.6 is 11.3 Å². The van der Waals surface area contributed by atoms with E-state index in [9.17, 15) is 9.59 Å². The molecule has 1 aliphatic rings. The lowest BCUT2D eigenvalue weighted by atomic mass is 10.0. The first-order valence-corrected chi connectivity index (χ1v) is 11.9. The van der Waals surface area contributed by atoms with Crippen LogP contribution in [0.3, 0.4) is 0 Å². The van der Waals surface area contributed by atoms with Crippen LogP contribution in [0, 0.1) is 6.92 Å². The molecule has 7 nitrogen and oxygen atoms in total. The van der Waals surface area contributed by atoms with Crippen LogP contribution < -0.4 is 5.32 Å². The summed E-state index contributed by atoms with van der Waals surface area (Å²) in [5, 5.41) is 6.28. The van der Waals surface area contributed by atoms with Crippen molar-refractivity contribution in [2.45, 2.75) is 71.4 Å². The number of thiazole rings is 1. The SMILES string of the molecule is Cc1csc(CCCCNC(=O)c2cccn2C2CCN(C(=O)OC(C)(C)C)CC2)n1. The van der Waals surface area contributed by atoms with Crippen molar-refractivity contribution >= 4 is 23.3 Å². The lowest BCUT2D eigenvalue weighted by molar-refractivity contribution is 0.0187. The Hall–Kier alpha value is -2.35. The predicted molar refractivity (Wildman–Crippen MR) is 123 cm³/mol. The number of rotatable bonds is 7. The van der Waals surface area contributed by atoms with E-state index in [2.05, 4.69) is 20.2 Å². The molecule has 1 saturated heterocycles. The molecule has 1 N–H and O–H groups in total. The Bertz CT molecular complexity index is 876. The van der Waals surface area contributed by atoms with Crippen molar-refractivity contribution in [1.82, 2.24) is 19.8 Å². The molecule has 0 spiro atoms. The molecule has 1 fully saturated rings. The third kappa shape index (κ3) is 6.82. The lowest BCUT2D eigenvalue weighted by Gasteiger charge is -2.34. The first kappa shape index (κ1) is 23.3. The number of nitrogens with one attached hydrogen (secondary N) is 1. The Balaban J connectivity index is 1.43. The first-order chi connectivity index (χ1) is 14.7. The molecular weight excluding hydrogens is 412 g/mol. The Morgan fingerprint density at radius 1 is 1.26 bits per heavy atom. The van der Waals surface area contributed by atoms with Crippen molar-refractivity contribution in [2.24, 2.45) is 0 Å². The van der Waals surface area contributed by atoms with Crippen LogP contribution in [0.25, 0.3) is 0 Å². The van der Waals surface area contributed by atoms with Gasteiger partial charge in [0.25, 0.3) is 5.91 Å². The summed E-state index contributed by atoms with van der Waals surface area (Å²) in [6.45, 7) is 9.57. The van der Waals surface area contributed by atoms with E-state index in [1.807, 2.05) is 46.0 Å². The second kappa shape index (κ2) is 10.3. The average molecular weight is 447 g/mol. The monoisotopic (exact) mass is 446 g/mol. The van der Waals surface area contributed by atoms with E-state index >= 15 is 0 Å². The molecule has 0 radical (unpaired) electrons. The summed E-state index contributed by atoms with van der Waals surface area (Å²) >= 11 is 1.70. The highest BCUT2D eigenvalue weighted by Gasteiger charge is 2.28. The Morgan fingerprint density at radius 2 is 2.00 bits per heavy atom. The van der Waals surface area contributed by atoms with Crippen molar-refractivity contribution in [1.29, 1.82) is 0 Å². The number of hydrogen-bond donors (Lipinski definition) is 1. The third-order valence-electron chi connectivity index (χ3n) is 5.29. The zero-order chi connectivity index (χ0) is 22.4. The zero-order valence-corrected chi connectivity index (χ0v) is 19.8. The van der Waals surface area contributed by atoms with E-state index in [0.29, 0.717) is 25.3 Å². The van der Waals surface area contributed by atoms with Crippen molar-refractivity contribution in [3.63, 3.8) is 0 Å². The van der Waals surface area contributed by atoms with Gasteiger partial charge in [0.2, 0.25) is 0 Å². The minimum Gasteiger partial charge on any atom is -0.444 e. The number of ether oxygens (including phenoxy) is 1. The minimum atomic E-state index is -0.487. The topological polar surface area (TPSA) is 76.5 Å². The fraction of sp³-hybridized carbons (Fsp3) is 0.609. The summed E-state index contributed by atoms with van der Waals surface area (Å²) in [5.74, 6) is -0.0373. The number of unbranched alkanes of at least 4 members (excludes halogenated alkanes) is 1. The number of hydrogen-bond acceptors (Lipinski definition) is 5. The molecule has 1 aliphatic heterocycles. The first-order valence-electron chi connectivity index (χ1n) is 11.1. The predicted octanol–water partition coefficient (Wildman–Crippen LogP) is 4.58. The molecule has 0 aromatic carbocycles. The molecule has 0 bridgehead atoms. The smallest absolute Gasteiger partial charge is 0.410 e. The van der Waals surface area contributed by atoms with E-state index < -0.39 is 5.60 Å². The number of carbonyl (C=O) groups is 2. The molecular formula is C23H34N4O3S. The summed E-state index contributed by atoms with van der Waals surface area (Å²) in [4.78, 5) is 31.2. The molecule has 0 aliphatic carbocycles. The van der Waals surface area contributed by atoms with Gasteiger partial charge < -0.3 is 19.5 Å². The molecule has 2 aromatic rings. The van der Waals surface area contributed by atoms with E-state index in [1.165, 1.54) is 0 Å². The van der Waals surface area contributed by atoms with Crippen molar-refractivity contribution < 1.29 is 14.3 Å². The second-order valence-electron chi connectivity index (χ2n) is 9.09.